The highest BCUT2D eigenvalue weighted by Crippen LogP contribution is 2.24. The monoisotopic (exact) mass is 328 g/mol. The first kappa shape index (κ1) is 14.1. The first-order valence-corrected chi connectivity index (χ1v) is 8.33. The Labute approximate surface area is 137 Å². The average molecular weight is 328 g/mol. The molecule has 0 aromatic carbocycles. The molecule has 0 fully saturated rings. The lowest BCUT2D eigenvalue weighted by Gasteiger charge is -2.27. The first-order valence-electron chi connectivity index (χ1n) is 7.45. The minimum atomic E-state index is 0.0876. The summed E-state index contributed by atoms with van der Waals surface area (Å²) < 4.78 is 1.60. The number of nitrogens with zero attached hydrogens (tertiary/aromatic N) is 5. The Morgan fingerprint density at radius 2 is 2.39 bits per heavy atom. The third-order valence-electron chi connectivity index (χ3n) is 3.96. The van der Waals surface area contributed by atoms with Gasteiger partial charge in [-0.05, 0) is 30.4 Å². The number of carbonyl (C=O) groups excluding carboxylic acids is 1. The Morgan fingerprint density at radius 1 is 1.48 bits per heavy atom. The second-order valence-corrected chi connectivity index (χ2v) is 6.54. The summed E-state index contributed by atoms with van der Waals surface area (Å²) in [7, 11) is 0. The maximum Gasteiger partial charge on any atom is 0.254 e. The molecule has 0 saturated heterocycles. The molecule has 3 aromatic rings. The van der Waals surface area contributed by atoms with Crippen molar-refractivity contribution in [2.75, 3.05) is 18.4 Å². The third-order valence-corrected chi connectivity index (χ3v) is 4.98. The fourth-order valence-corrected chi connectivity index (χ4v) is 3.69. The van der Waals surface area contributed by atoms with Crippen molar-refractivity contribution in [3.05, 3.63) is 40.0 Å². The lowest BCUT2D eigenvalue weighted by molar-refractivity contribution is -0.130. The first-order chi connectivity index (χ1) is 11.2. The van der Waals surface area contributed by atoms with Gasteiger partial charge in [-0.1, -0.05) is 0 Å². The molecule has 3 aromatic heterocycles. The fraction of sp³-hybridized carbons (Fsp3) is 0.333. The maximum absolute atomic E-state index is 12.5. The quantitative estimate of drug-likeness (QED) is 0.788. The molecule has 1 aliphatic rings. The van der Waals surface area contributed by atoms with Gasteiger partial charge in [-0.25, -0.2) is 4.98 Å². The number of aromatic nitrogens is 4. The Hall–Kier alpha value is -2.48. The molecule has 0 aliphatic carbocycles. The van der Waals surface area contributed by atoms with Crippen molar-refractivity contribution >= 4 is 28.8 Å². The zero-order chi connectivity index (χ0) is 15.8. The molecule has 0 radical (unpaired) electrons. The van der Waals surface area contributed by atoms with Crippen molar-refractivity contribution < 1.29 is 4.79 Å². The van der Waals surface area contributed by atoms with Crippen LogP contribution >= 0.6 is 11.3 Å². The number of hydrogen-bond acceptors (Lipinski definition) is 6. The number of anilines is 1. The van der Waals surface area contributed by atoms with Crippen molar-refractivity contribution in [2.24, 2.45) is 0 Å². The number of amides is 1. The SMILES string of the molecule is Cc1cc(NCC(=O)N2CCc3sccc3C2)n2ncnc2n1. The molecule has 1 amide bonds. The summed E-state index contributed by atoms with van der Waals surface area (Å²) in [5.41, 5.74) is 2.11. The Kier molecular flexibility index (Phi) is 3.45. The van der Waals surface area contributed by atoms with E-state index in [1.54, 1.807) is 15.9 Å². The molecule has 1 aliphatic heterocycles. The van der Waals surface area contributed by atoms with E-state index in [9.17, 15) is 4.79 Å². The van der Waals surface area contributed by atoms with Gasteiger partial charge in [0.15, 0.2) is 0 Å². The normalized spacial score (nSPS) is 14.0. The number of hydrogen-bond donors (Lipinski definition) is 1. The minimum absolute atomic E-state index is 0.0876. The van der Waals surface area contributed by atoms with Crippen LogP contribution in [0, 0.1) is 6.92 Å². The number of rotatable bonds is 3. The molecule has 0 atom stereocenters. The molecule has 0 unspecified atom stereocenters. The van der Waals surface area contributed by atoms with Crippen LogP contribution < -0.4 is 5.32 Å². The second kappa shape index (κ2) is 5.62. The van der Waals surface area contributed by atoms with Crippen molar-refractivity contribution in [1.82, 2.24) is 24.5 Å². The van der Waals surface area contributed by atoms with Crippen LogP contribution in [0.4, 0.5) is 5.82 Å². The van der Waals surface area contributed by atoms with Crippen LogP contribution in [0.25, 0.3) is 5.78 Å². The molecule has 118 valence electrons. The number of thiophene rings is 1. The highest BCUT2D eigenvalue weighted by molar-refractivity contribution is 7.10. The van der Waals surface area contributed by atoms with Crippen molar-refractivity contribution in [1.29, 1.82) is 0 Å². The zero-order valence-electron chi connectivity index (χ0n) is 12.7. The van der Waals surface area contributed by atoms with Crippen LogP contribution in [-0.4, -0.2) is 43.5 Å². The predicted molar refractivity (Wildman–Crippen MR) is 87.4 cm³/mol. The fourth-order valence-electron chi connectivity index (χ4n) is 2.80. The number of aryl methyl sites for hydroxylation is 1. The minimum Gasteiger partial charge on any atom is -0.361 e. The molecule has 4 heterocycles. The lowest BCUT2D eigenvalue weighted by Crippen LogP contribution is -2.39. The van der Waals surface area contributed by atoms with Gasteiger partial charge >= 0.3 is 0 Å². The molecular weight excluding hydrogens is 312 g/mol. The van der Waals surface area contributed by atoms with E-state index < -0.39 is 0 Å². The maximum atomic E-state index is 12.5. The van der Waals surface area contributed by atoms with Crippen molar-refractivity contribution in [2.45, 2.75) is 19.9 Å². The van der Waals surface area contributed by atoms with E-state index in [0.29, 0.717) is 12.3 Å². The molecule has 0 bridgehead atoms. The average Bonchev–Trinajstić information content (AvgIpc) is 3.19. The van der Waals surface area contributed by atoms with E-state index in [-0.39, 0.29) is 12.5 Å². The van der Waals surface area contributed by atoms with Gasteiger partial charge in [0.2, 0.25) is 5.91 Å². The van der Waals surface area contributed by atoms with Crippen LogP contribution in [0.3, 0.4) is 0 Å². The van der Waals surface area contributed by atoms with E-state index in [4.69, 9.17) is 0 Å². The smallest absolute Gasteiger partial charge is 0.254 e. The highest BCUT2D eigenvalue weighted by Gasteiger charge is 2.21. The predicted octanol–water partition coefficient (Wildman–Crippen LogP) is 1.49. The number of carbonyl (C=O) groups is 1. The van der Waals surface area contributed by atoms with Gasteiger partial charge in [0.05, 0.1) is 6.54 Å². The van der Waals surface area contributed by atoms with Crippen LogP contribution in [0.15, 0.2) is 23.8 Å². The van der Waals surface area contributed by atoms with Crippen molar-refractivity contribution in [3.63, 3.8) is 0 Å². The van der Waals surface area contributed by atoms with E-state index in [2.05, 4.69) is 31.8 Å². The molecule has 0 saturated carbocycles. The summed E-state index contributed by atoms with van der Waals surface area (Å²) in [5.74, 6) is 1.34. The molecule has 7 nitrogen and oxygen atoms in total. The zero-order valence-corrected chi connectivity index (χ0v) is 13.5. The second-order valence-electron chi connectivity index (χ2n) is 5.54. The largest absolute Gasteiger partial charge is 0.361 e. The van der Waals surface area contributed by atoms with Crippen LogP contribution in [-0.2, 0) is 17.8 Å². The van der Waals surface area contributed by atoms with E-state index in [0.717, 1.165) is 24.5 Å². The van der Waals surface area contributed by atoms with Gasteiger partial charge in [-0.15, -0.1) is 11.3 Å². The Bertz CT molecular complexity index is 870. The van der Waals surface area contributed by atoms with Crippen molar-refractivity contribution in [3.8, 4) is 0 Å². The Balaban J connectivity index is 1.46. The summed E-state index contributed by atoms with van der Waals surface area (Å²) in [5, 5.41) is 9.39. The summed E-state index contributed by atoms with van der Waals surface area (Å²) in [6, 6.07) is 3.97. The Morgan fingerprint density at radius 3 is 3.30 bits per heavy atom. The van der Waals surface area contributed by atoms with Gasteiger partial charge in [0.1, 0.15) is 12.1 Å². The van der Waals surface area contributed by atoms with Gasteiger partial charge < -0.3 is 10.2 Å². The molecular formula is C15H16N6OS. The van der Waals surface area contributed by atoms with E-state index >= 15 is 0 Å². The van der Waals surface area contributed by atoms with Gasteiger partial charge in [-0.3, -0.25) is 4.79 Å². The molecule has 0 spiro atoms. The van der Waals surface area contributed by atoms with E-state index in [1.807, 2.05) is 17.9 Å². The van der Waals surface area contributed by atoms with E-state index in [1.165, 1.54) is 16.8 Å². The van der Waals surface area contributed by atoms with Crippen LogP contribution in [0.2, 0.25) is 0 Å². The third kappa shape index (κ3) is 2.65. The molecule has 4 rings (SSSR count). The molecule has 1 N–H and O–H groups in total. The number of fused-ring (bicyclic) bond motifs is 2. The summed E-state index contributed by atoms with van der Waals surface area (Å²) in [4.78, 5) is 24.1. The van der Waals surface area contributed by atoms with Gasteiger partial charge in [-0.2, -0.15) is 14.6 Å². The van der Waals surface area contributed by atoms with Crippen LogP contribution in [0.5, 0.6) is 0 Å². The van der Waals surface area contributed by atoms with Gasteiger partial charge in [0, 0.05) is 29.7 Å². The van der Waals surface area contributed by atoms with Gasteiger partial charge in [0.25, 0.3) is 5.78 Å². The number of nitrogens with one attached hydrogen (secondary N) is 1. The molecule has 23 heavy (non-hydrogen) atoms. The highest BCUT2D eigenvalue weighted by atomic mass is 32.1. The summed E-state index contributed by atoms with van der Waals surface area (Å²) in [6.07, 6.45) is 2.40. The molecule has 8 heteroatoms. The standard InChI is InChI=1S/C15H16N6OS/c1-10-6-13(21-15(19-10)17-9-18-21)16-7-14(22)20-4-2-12-11(8-20)3-5-23-12/h3,5-6,9,16H,2,4,7-8H2,1H3. The summed E-state index contributed by atoms with van der Waals surface area (Å²) >= 11 is 1.77. The lowest BCUT2D eigenvalue weighted by atomic mass is 10.1. The topological polar surface area (TPSA) is 75.4 Å². The summed E-state index contributed by atoms with van der Waals surface area (Å²) in [6.45, 7) is 3.61. The van der Waals surface area contributed by atoms with Crippen LogP contribution in [0.1, 0.15) is 16.1 Å².